The summed E-state index contributed by atoms with van der Waals surface area (Å²) in [4.78, 5) is 0. The van der Waals surface area contributed by atoms with Crippen molar-refractivity contribution in [1.29, 1.82) is 0 Å². The maximum atomic E-state index is 5.96. The lowest BCUT2D eigenvalue weighted by Crippen LogP contribution is -2.51. The number of rotatable bonds is 8. The molecule has 1 heterocycles. The zero-order chi connectivity index (χ0) is 12.7. The normalized spacial score (nSPS) is 26.2. The minimum Gasteiger partial charge on any atom is -0.375 e. The number of ether oxygens (including phenoxy) is 1. The van der Waals surface area contributed by atoms with E-state index in [-0.39, 0.29) is 0 Å². The van der Waals surface area contributed by atoms with Gasteiger partial charge in [-0.3, -0.25) is 0 Å². The molecule has 2 nitrogen and oxygen atoms in total. The van der Waals surface area contributed by atoms with Crippen molar-refractivity contribution in [3.63, 3.8) is 0 Å². The molecule has 1 aliphatic heterocycles. The van der Waals surface area contributed by atoms with E-state index in [4.69, 9.17) is 4.74 Å². The number of hydrogen-bond donors (Lipinski definition) is 1. The van der Waals surface area contributed by atoms with Crippen molar-refractivity contribution < 1.29 is 4.74 Å². The first-order chi connectivity index (χ1) is 8.85. The molecule has 2 rings (SSSR count). The Labute approximate surface area is 113 Å². The van der Waals surface area contributed by atoms with Crippen LogP contribution < -0.4 is 5.32 Å². The Bertz CT molecular complexity index is 225. The fourth-order valence-electron chi connectivity index (χ4n) is 3.33. The quantitative estimate of drug-likeness (QED) is 0.659. The molecule has 0 aromatic rings. The fourth-order valence-corrected chi connectivity index (χ4v) is 3.33. The fraction of sp³-hybridized carbons (Fsp3) is 1.00. The Kier molecular flexibility index (Phi) is 5.97. The third kappa shape index (κ3) is 4.24. The molecule has 1 saturated heterocycles. The second-order valence-electron chi connectivity index (χ2n) is 6.30. The molecule has 18 heavy (non-hydrogen) atoms. The Morgan fingerprint density at radius 1 is 1.11 bits per heavy atom. The zero-order valence-electron chi connectivity index (χ0n) is 12.2. The van der Waals surface area contributed by atoms with Gasteiger partial charge in [0.1, 0.15) is 0 Å². The summed E-state index contributed by atoms with van der Waals surface area (Å²) in [5.74, 6) is 0. The van der Waals surface area contributed by atoms with Crippen LogP contribution in [0.5, 0.6) is 0 Å². The molecule has 0 radical (unpaired) electrons. The van der Waals surface area contributed by atoms with Gasteiger partial charge in [0.2, 0.25) is 0 Å². The van der Waals surface area contributed by atoms with Gasteiger partial charge in [-0.15, -0.1) is 0 Å². The monoisotopic (exact) mass is 253 g/mol. The van der Waals surface area contributed by atoms with Crippen LogP contribution in [0.3, 0.4) is 0 Å². The minimum absolute atomic E-state index is 0.303. The third-order valence-corrected chi connectivity index (χ3v) is 4.72. The summed E-state index contributed by atoms with van der Waals surface area (Å²) in [5, 5.41) is 3.76. The van der Waals surface area contributed by atoms with Crippen LogP contribution in [0.15, 0.2) is 0 Å². The molecule has 1 N–H and O–H groups in total. The van der Waals surface area contributed by atoms with Gasteiger partial charge < -0.3 is 10.1 Å². The van der Waals surface area contributed by atoms with Gasteiger partial charge >= 0.3 is 0 Å². The van der Waals surface area contributed by atoms with Crippen LogP contribution in [0.4, 0.5) is 0 Å². The average Bonchev–Trinajstić information content (AvgIpc) is 2.36. The van der Waals surface area contributed by atoms with Gasteiger partial charge in [-0.25, -0.2) is 0 Å². The van der Waals surface area contributed by atoms with E-state index in [0.717, 1.165) is 12.6 Å². The average molecular weight is 253 g/mol. The van der Waals surface area contributed by atoms with E-state index in [1.165, 1.54) is 77.2 Å². The predicted octanol–water partition coefficient (Wildman–Crippen LogP) is 4.04. The van der Waals surface area contributed by atoms with Gasteiger partial charge in [0, 0.05) is 12.6 Å². The predicted molar refractivity (Wildman–Crippen MR) is 76.9 cm³/mol. The lowest BCUT2D eigenvalue weighted by atomic mass is 9.74. The lowest BCUT2D eigenvalue weighted by Gasteiger charge is -2.47. The highest BCUT2D eigenvalue weighted by Gasteiger charge is 2.42. The van der Waals surface area contributed by atoms with Gasteiger partial charge in [-0.2, -0.15) is 0 Å². The molecule has 106 valence electrons. The molecule has 0 amide bonds. The van der Waals surface area contributed by atoms with E-state index in [2.05, 4.69) is 12.2 Å². The van der Waals surface area contributed by atoms with Crippen molar-refractivity contribution in [2.24, 2.45) is 0 Å². The van der Waals surface area contributed by atoms with Crippen LogP contribution in [0.2, 0.25) is 0 Å². The third-order valence-electron chi connectivity index (χ3n) is 4.72. The molecule has 0 bridgehead atoms. The number of unbranched alkanes of at least 4 members (excludes halogenated alkanes) is 5. The Morgan fingerprint density at radius 2 is 1.89 bits per heavy atom. The number of hydrogen-bond acceptors (Lipinski definition) is 2. The maximum absolute atomic E-state index is 5.96. The van der Waals surface area contributed by atoms with Crippen molar-refractivity contribution in [3.8, 4) is 0 Å². The first-order valence-corrected chi connectivity index (χ1v) is 8.22. The second kappa shape index (κ2) is 7.49. The summed E-state index contributed by atoms with van der Waals surface area (Å²) < 4.78 is 5.96. The zero-order valence-corrected chi connectivity index (χ0v) is 12.2. The van der Waals surface area contributed by atoms with E-state index >= 15 is 0 Å². The van der Waals surface area contributed by atoms with E-state index < -0.39 is 0 Å². The summed E-state index contributed by atoms with van der Waals surface area (Å²) in [6, 6.07) is 0.731. The van der Waals surface area contributed by atoms with Gasteiger partial charge in [-0.1, -0.05) is 39.0 Å². The molecule has 1 spiro atoms. The summed E-state index contributed by atoms with van der Waals surface area (Å²) in [5.41, 5.74) is 0.303. The molecular formula is C16H31NO. The summed E-state index contributed by atoms with van der Waals surface area (Å²) in [7, 11) is 0. The molecule has 2 fully saturated rings. The van der Waals surface area contributed by atoms with Crippen molar-refractivity contribution in [2.45, 2.75) is 89.2 Å². The second-order valence-corrected chi connectivity index (χ2v) is 6.30. The molecule has 1 unspecified atom stereocenters. The van der Waals surface area contributed by atoms with Crippen LogP contribution in [0.25, 0.3) is 0 Å². The Balaban J connectivity index is 1.48. The summed E-state index contributed by atoms with van der Waals surface area (Å²) in [6.07, 6.45) is 14.9. The van der Waals surface area contributed by atoms with Gasteiger partial charge in [0.05, 0.1) is 5.60 Å². The number of nitrogens with one attached hydrogen (secondary N) is 1. The standard InChI is InChI=1S/C16H31NO/c1-2-3-4-5-6-7-12-17-15-9-13-18-16(14-15)10-8-11-16/h15,17H,2-14H2,1H3. The smallest absolute Gasteiger partial charge is 0.0697 e. The van der Waals surface area contributed by atoms with Crippen molar-refractivity contribution >= 4 is 0 Å². The van der Waals surface area contributed by atoms with Crippen molar-refractivity contribution in [1.82, 2.24) is 5.32 Å². The lowest BCUT2D eigenvalue weighted by molar-refractivity contribution is -0.135. The minimum atomic E-state index is 0.303. The van der Waals surface area contributed by atoms with Crippen LogP contribution in [0, 0.1) is 0 Å². The topological polar surface area (TPSA) is 21.3 Å². The highest BCUT2D eigenvalue weighted by Crippen LogP contribution is 2.42. The van der Waals surface area contributed by atoms with E-state index in [1.807, 2.05) is 0 Å². The SMILES string of the molecule is CCCCCCCCNC1CCOC2(CCC2)C1. The van der Waals surface area contributed by atoms with Gasteiger partial charge in [0.15, 0.2) is 0 Å². The molecule has 2 aliphatic rings. The molecule has 2 heteroatoms. The maximum Gasteiger partial charge on any atom is 0.0697 e. The molecule has 1 atom stereocenters. The van der Waals surface area contributed by atoms with Gasteiger partial charge in [-0.05, 0) is 45.1 Å². The molecule has 0 aromatic carbocycles. The van der Waals surface area contributed by atoms with Crippen molar-refractivity contribution in [3.05, 3.63) is 0 Å². The van der Waals surface area contributed by atoms with Gasteiger partial charge in [0.25, 0.3) is 0 Å². The first-order valence-electron chi connectivity index (χ1n) is 8.22. The Morgan fingerprint density at radius 3 is 2.61 bits per heavy atom. The summed E-state index contributed by atoms with van der Waals surface area (Å²) in [6.45, 7) is 4.48. The molecule has 0 aromatic heterocycles. The van der Waals surface area contributed by atoms with Crippen LogP contribution in [-0.4, -0.2) is 24.8 Å². The highest BCUT2D eigenvalue weighted by atomic mass is 16.5. The van der Waals surface area contributed by atoms with E-state index in [9.17, 15) is 0 Å². The highest BCUT2D eigenvalue weighted by molar-refractivity contribution is 4.95. The van der Waals surface area contributed by atoms with E-state index in [1.54, 1.807) is 0 Å². The summed E-state index contributed by atoms with van der Waals surface area (Å²) >= 11 is 0. The van der Waals surface area contributed by atoms with Crippen LogP contribution >= 0.6 is 0 Å². The molecule has 1 aliphatic carbocycles. The van der Waals surface area contributed by atoms with E-state index in [0.29, 0.717) is 5.60 Å². The molecule has 1 saturated carbocycles. The van der Waals surface area contributed by atoms with Crippen LogP contribution in [-0.2, 0) is 4.74 Å². The first kappa shape index (κ1) is 14.3. The largest absolute Gasteiger partial charge is 0.375 e. The van der Waals surface area contributed by atoms with Crippen LogP contribution in [0.1, 0.15) is 77.6 Å². The molecular weight excluding hydrogens is 222 g/mol. The Hall–Kier alpha value is -0.0800. The van der Waals surface area contributed by atoms with Crippen molar-refractivity contribution in [2.75, 3.05) is 13.2 Å².